The molecular weight excluding hydrogens is 727 g/mol. The van der Waals surface area contributed by atoms with E-state index in [4.69, 9.17) is 9.47 Å². The Labute approximate surface area is 348 Å². The van der Waals surface area contributed by atoms with Gasteiger partial charge in [0.05, 0.1) is 25.4 Å². The van der Waals surface area contributed by atoms with Gasteiger partial charge in [-0.25, -0.2) is 0 Å². The van der Waals surface area contributed by atoms with Crippen molar-refractivity contribution < 1.29 is 50.0 Å². The maximum atomic E-state index is 13.1. The van der Waals surface area contributed by atoms with Crippen LogP contribution in [0.15, 0.2) is 0 Å². The highest BCUT2D eigenvalue weighted by Crippen LogP contribution is 2.23. The van der Waals surface area contributed by atoms with Crippen LogP contribution >= 0.6 is 0 Å². The lowest BCUT2D eigenvalue weighted by molar-refractivity contribution is -0.303. The van der Waals surface area contributed by atoms with Crippen molar-refractivity contribution in [3.05, 3.63) is 0 Å². The highest BCUT2D eigenvalue weighted by atomic mass is 16.7. The van der Waals surface area contributed by atoms with E-state index in [0.717, 1.165) is 44.4 Å². The number of ether oxygens (including phenoxy) is 2. The van der Waals surface area contributed by atoms with E-state index < -0.39 is 74.2 Å². The Bertz CT molecular complexity index is 910. The average Bonchev–Trinajstić information content (AvgIpc) is 3.20. The minimum Gasteiger partial charge on any atom is -0.394 e. The zero-order chi connectivity index (χ0) is 42.1. The summed E-state index contributed by atoms with van der Waals surface area (Å²) in [7, 11) is 0. The van der Waals surface area contributed by atoms with Gasteiger partial charge in [0.2, 0.25) is 5.91 Å². The lowest BCUT2D eigenvalue weighted by Crippen LogP contribution is -2.60. The summed E-state index contributed by atoms with van der Waals surface area (Å²) < 4.78 is 11.1. The van der Waals surface area contributed by atoms with Crippen LogP contribution in [0.5, 0.6) is 0 Å². The quantitative estimate of drug-likeness (QED) is 0.0285. The van der Waals surface area contributed by atoms with Gasteiger partial charge < -0.3 is 50.5 Å². The van der Waals surface area contributed by atoms with Crippen LogP contribution in [0.4, 0.5) is 0 Å². The lowest BCUT2D eigenvalue weighted by atomic mass is 9.98. The molecule has 1 heterocycles. The number of hydrogen-bond donors (Lipinski definition) is 8. The van der Waals surface area contributed by atoms with Gasteiger partial charge in [0.25, 0.3) is 0 Å². The van der Waals surface area contributed by atoms with Gasteiger partial charge in [-0.3, -0.25) is 4.79 Å². The molecule has 340 valence electrons. The van der Waals surface area contributed by atoms with Crippen molar-refractivity contribution in [2.24, 2.45) is 5.92 Å². The fourth-order valence-electron chi connectivity index (χ4n) is 7.86. The molecule has 11 nitrogen and oxygen atoms in total. The molecule has 0 saturated carbocycles. The Balaban J connectivity index is 2.39. The number of rotatable bonds is 39. The first-order valence-electron chi connectivity index (χ1n) is 23.8. The van der Waals surface area contributed by atoms with Crippen molar-refractivity contribution in [2.75, 3.05) is 13.2 Å². The summed E-state index contributed by atoms with van der Waals surface area (Å²) in [5, 5.41) is 75.6. The third-order valence-corrected chi connectivity index (χ3v) is 11.8. The molecule has 9 atom stereocenters. The molecule has 57 heavy (non-hydrogen) atoms. The second-order valence-corrected chi connectivity index (χ2v) is 17.7. The molecular formula is C46H91NO10. The van der Waals surface area contributed by atoms with E-state index in [-0.39, 0.29) is 6.42 Å². The van der Waals surface area contributed by atoms with Crippen molar-refractivity contribution in [3.63, 3.8) is 0 Å². The van der Waals surface area contributed by atoms with Gasteiger partial charge in [0.1, 0.15) is 36.6 Å². The summed E-state index contributed by atoms with van der Waals surface area (Å²) in [5.74, 6) is 0.0525. The van der Waals surface area contributed by atoms with Crippen LogP contribution in [0.1, 0.15) is 213 Å². The molecule has 1 amide bonds. The number of unbranched alkanes of at least 4 members (excludes halogenated alkanes) is 25. The standard InChI is InChI=1S/C46H91NO10/c1-4-5-6-7-8-9-10-11-12-13-14-15-16-17-18-19-24-27-30-33-39(50)45(55)47-37(35-56-46-44(54)43(53)42(52)40(34-48)57-46)41(51)38(49)32-29-26-23-21-20-22-25-28-31-36(2)3/h36-44,46,48-54H,4-35H2,1-3H3,(H,47,55). The van der Waals surface area contributed by atoms with Gasteiger partial charge in [0.15, 0.2) is 6.29 Å². The predicted molar refractivity (Wildman–Crippen MR) is 229 cm³/mol. The summed E-state index contributed by atoms with van der Waals surface area (Å²) >= 11 is 0. The van der Waals surface area contributed by atoms with Crippen LogP contribution in [-0.4, -0.2) is 110 Å². The monoisotopic (exact) mass is 818 g/mol. The van der Waals surface area contributed by atoms with Crippen LogP contribution in [0.2, 0.25) is 0 Å². The molecule has 1 rings (SSSR count). The Morgan fingerprint density at radius 1 is 0.579 bits per heavy atom. The SMILES string of the molecule is CCCCCCCCCCCCCCCCCCCCCC(O)C(=O)NC(COC1OC(CO)C(O)C(O)C1O)C(O)C(O)CCCCCCCCCCC(C)C. The Kier molecular flexibility index (Phi) is 34.0. The van der Waals surface area contributed by atoms with Crippen molar-refractivity contribution in [1.29, 1.82) is 0 Å². The third kappa shape index (κ3) is 26.8. The van der Waals surface area contributed by atoms with Crippen molar-refractivity contribution >= 4 is 5.91 Å². The number of carbonyl (C=O) groups is 1. The zero-order valence-electron chi connectivity index (χ0n) is 36.8. The van der Waals surface area contributed by atoms with Crippen LogP contribution in [0, 0.1) is 5.92 Å². The largest absolute Gasteiger partial charge is 0.394 e. The van der Waals surface area contributed by atoms with Gasteiger partial charge in [0, 0.05) is 0 Å². The molecule has 0 spiro atoms. The molecule has 11 heteroatoms. The first kappa shape index (κ1) is 54.1. The highest BCUT2D eigenvalue weighted by Gasteiger charge is 2.44. The van der Waals surface area contributed by atoms with Crippen molar-refractivity contribution in [3.8, 4) is 0 Å². The van der Waals surface area contributed by atoms with Gasteiger partial charge in [-0.1, -0.05) is 201 Å². The third-order valence-electron chi connectivity index (χ3n) is 11.8. The van der Waals surface area contributed by atoms with E-state index in [0.29, 0.717) is 19.3 Å². The molecule has 0 aromatic heterocycles. The topological polar surface area (TPSA) is 189 Å². The maximum absolute atomic E-state index is 13.1. The van der Waals surface area contributed by atoms with E-state index in [1.54, 1.807) is 0 Å². The van der Waals surface area contributed by atoms with E-state index in [1.165, 1.54) is 128 Å². The first-order chi connectivity index (χ1) is 27.5. The normalized spacial score (nSPS) is 22.1. The number of carbonyl (C=O) groups excluding carboxylic acids is 1. The van der Waals surface area contributed by atoms with Crippen LogP contribution in [-0.2, 0) is 14.3 Å². The summed E-state index contributed by atoms with van der Waals surface area (Å²) in [6.07, 6.45) is 23.1. The molecule has 1 aliphatic heterocycles. The molecule has 0 aliphatic carbocycles. The smallest absolute Gasteiger partial charge is 0.249 e. The van der Waals surface area contributed by atoms with E-state index in [1.807, 2.05) is 0 Å². The maximum Gasteiger partial charge on any atom is 0.249 e. The minimum absolute atomic E-state index is 0.265. The fraction of sp³-hybridized carbons (Fsp3) is 0.978. The number of aliphatic hydroxyl groups excluding tert-OH is 7. The van der Waals surface area contributed by atoms with Gasteiger partial charge in [-0.2, -0.15) is 0 Å². The molecule has 8 N–H and O–H groups in total. The number of hydrogen-bond acceptors (Lipinski definition) is 10. The molecule has 9 unspecified atom stereocenters. The second-order valence-electron chi connectivity index (χ2n) is 17.7. The summed E-state index contributed by atoms with van der Waals surface area (Å²) in [6, 6.07) is -1.16. The molecule has 1 fully saturated rings. The number of amides is 1. The first-order valence-corrected chi connectivity index (χ1v) is 23.8. The number of aliphatic hydroxyl groups is 7. The van der Waals surface area contributed by atoms with E-state index in [2.05, 4.69) is 26.1 Å². The number of nitrogens with one attached hydrogen (secondary N) is 1. The molecule has 1 aliphatic rings. The van der Waals surface area contributed by atoms with Crippen molar-refractivity contribution in [2.45, 2.75) is 268 Å². The molecule has 0 radical (unpaired) electrons. The Morgan fingerprint density at radius 3 is 1.40 bits per heavy atom. The summed E-state index contributed by atoms with van der Waals surface area (Å²) in [4.78, 5) is 13.1. The van der Waals surface area contributed by atoms with Gasteiger partial charge >= 0.3 is 0 Å². The predicted octanol–water partition coefficient (Wildman–Crippen LogP) is 7.75. The van der Waals surface area contributed by atoms with Gasteiger partial charge in [-0.15, -0.1) is 0 Å². The summed E-state index contributed by atoms with van der Waals surface area (Å²) in [5.41, 5.74) is 0. The van der Waals surface area contributed by atoms with Crippen molar-refractivity contribution in [1.82, 2.24) is 5.32 Å². The molecule has 0 aromatic rings. The van der Waals surface area contributed by atoms with E-state index >= 15 is 0 Å². The van der Waals surface area contributed by atoms with Crippen LogP contribution in [0.25, 0.3) is 0 Å². The molecule has 1 saturated heterocycles. The Hall–Kier alpha value is -0.890. The van der Waals surface area contributed by atoms with Crippen LogP contribution in [0.3, 0.4) is 0 Å². The minimum atomic E-state index is -1.66. The average molecular weight is 818 g/mol. The lowest BCUT2D eigenvalue weighted by Gasteiger charge is -2.40. The second kappa shape index (κ2) is 35.8. The fourth-order valence-corrected chi connectivity index (χ4v) is 7.86. The van der Waals surface area contributed by atoms with Gasteiger partial charge in [-0.05, 0) is 18.8 Å². The highest BCUT2D eigenvalue weighted by molar-refractivity contribution is 5.80. The van der Waals surface area contributed by atoms with Crippen LogP contribution < -0.4 is 5.32 Å². The molecule has 0 bridgehead atoms. The Morgan fingerprint density at radius 2 is 0.982 bits per heavy atom. The van der Waals surface area contributed by atoms with E-state index in [9.17, 15) is 40.5 Å². The summed E-state index contributed by atoms with van der Waals surface area (Å²) in [6.45, 7) is 5.72. The molecule has 0 aromatic carbocycles. The zero-order valence-corrected chi connectivity index (χ0v) is 36.8.